The third-order valence-electron chi connectivity index (χ3n) is 3.27. The van der Waals surface area contributed by atoms with E-state index >= 15 is 0 Å². The highest BCUT2D eigenvalue weighted by molar-refractivity contribution is 5.94. The summed E-state index contributed by atoms with van der Waals surface area (Å²) >= 11 is 0. The summed E-state index contributed by atoms with van der Waals surface area (Å²) in [6.45, 7) is 3.82. The summed E-state index contributed by atoms with van der Waals surface area (Å²) in [5, 5.41) is 2.92. The van der Waals surface area contributed by atoms with Crippen molar-refractivity contribution in [3.8, 4) is 0 Å². The molecule has 21 heavy (non-hydrogen) atoms. The van der Waals surface area contributed by atoms with Gasteiger partial charge in [-0.1, -0.05) is 29.8 Å². The molecule has 0 saturated heterocycles. The summed E-state index contributed by atoms with van der Waals surface area (Å²) in [4.78, 5) is 11.1. The lowest BCUT2D eigenvalue weighted by atomic mass is 10.1. The Morgan fingerprint density at radius 3 is 2.33 bits per heavy atom. The molecule has 0 spiro atoms. The van der Waals surface area contributed by atoms with E-state index in [1.165, 1.54) is 0 Å². The highest BCUT2D eigenvalue weighted by Crippen LogP contribution is 2.24. The fraction of sp³-hybridized carbons (Fsp3) is 0.188. The summed E-state index contributed by atoms with van der Waals surface area (Å²) < 4.78 is 27.2. The number of anilines is 1. The molecule has 0 aliphatic carbocycles. The molecule has 2 rings (SSSR count). The number of benzene rings is 2. The van der Waals surface area contributed by atoms with Gasteiger partial charge in [-0.2, -0.15) is 0 Å². The van der Waals surface area contributed by atoms with Crippen LogP contribution in [0.25, 0.3) is 0 Å². The molecular weight excluding hydrogens is 274 g/mol. The Balaban J connectivity index is 2.28. The number of hydrogen-bond acceptors (Lipinski definition) is 2. The number of nitrogens with one attached hydrogen (secondary N) is 1. The molecule has 0 fully saturated rings. The second kappa shape index (κ2) is 5.91. The minimum Gasteiger partial charge on any atom is -0.376 e. The van der Waals surface area contributed by atoms with Crippen molar-refractivity contribution in [2.75, 3.05) is 5.32 Å². The van der Waals surface area contributed by atoms with Gasteiger partial charge >= 0.3 is 0 Å². The predicted octanol–water partition coefficient (Wildman–Crippen LogP) is 3.55. The summed E-state index contributed by atoms with van der Waals surface area (Å²) in [6, 6.07) is 9.29. The van der Waals surface area contributed by atoms with Gasteiger partial charge in [0.25, 0.3) is 5.91 Å². The van der Waals surface area contributed by atoms with E-state index in [2.05, 4.69) is 5.32 Å². The number of primary amides is 1. The van der Waals surface area contributed by atoms with Gasteiger partial charge in [0.1, 0.15) is 11.6 Å². The number of halogens is 2. The smallest absolute Gasteiger partial charge is 0.251 e. The van der Waals surface area contributed by atoms with Gasteiger partial charge < -0.3 is 11.1 Å². The Hall–Kier alpha value is -2.43. The Morgan fingerprint density at radius 1 is 1.14 bits per heavy atom. The molecule has 1 amide bonds. The highest BCUT2D eigenvalue weighted by Gasteiger charge is 2.15. The van der Waals surface area contributed by atoms with Crippen LogP contribution in [0.5, 0.6) is 0 Å². The molecule has 0 heterocycles. The summed E-state index contributed by atoms with van der Waals surface area (Å²) in [5.74, 6) is -2.66. The van der Waals surface area contributed by atoms with Crippen molar-refractivity contribution in [3.63, 3.8) is 0 Å². The second-order valence-electron chi connectivity index (χ2n) is 4.95. The van der Waals surface area contributed by atoms with E-state index < -0.39 is 17.5 Å². The third-order valence-corrected chi connectivity index (χ3v) is 3.27. The first kappa shape index (κ1) is 15.0. The number of nitrogens with two attached hydrogens (primary N) is 1. The van der Waals surface area contributed by atoms with Gasteiger partial charge in [-0.25, -0.2) is 8.78 Å². The van der Waals surface area contributed by atoms with Crippen molar-refractivity contribution < 1.29 is 13.6 Å². The van der Waals surface area contributed by atoms with E-state index in [0.29, 0.717) is 6.07 Å². The number of carbonyl (C=O) groups is 1. The van der Waals surface area contributed by atoms with Crippen LogP contribution in [0.1, 0.15) is 34.5 Å². The quantitative estimate of drug-likeness (QED) is 0.904. The molecule has 1 atom stereocenters. The minimum absolute atomic E-state index is 0.0401. The van der Waals surface area contributed by atoms with Crippen LogP contribution < -0.4 is 11.1 Å². The van der Waals surface area contributed by atoms with Gasteiger partial charge in [0.2, 0.25) is 0 Å². The lowest BCUT2D eigenvalue weighted by molar-refractivity contribution is 0.0996. The van der Waals surface area contributed by atoms with Crippen molar-refractivity contribution in [1.82, 2.24) is 0 Å². The van der Waals surface area contributed by atoms with Gasteiger partial charge in [0, 0.05) is 12.1 Å². The van der Waals surface area contributed by atoms with E-state index in [4.69, 9.17) is 5.73 Å². The third kappa shape index (κ3) is 3.37. The van der Waals surface area contributed by atoms with Crippen molar-refractivity contribution >= 4 is 11.6 Å². The molecule has 3 nitrogen and oxygen atoms in total. The SMILES string of the molecule is Cc1ccc(C(C)Nc2cc(C(N)=O)c(F)cc2F)cc1. The molecule has 2 aromatic carbocycles. The fourth-order valence-corrected chi connectivity index (χ4v) is 2.02. The summed E-state index contributed by atoms with van der Waals surface area (Å²) in [5.41, 5.74) is 6.83. The van der Waals surface area contributed by atoms with Gasteiger partial charge in [0.15, 0.2) is 0 Å². The Kier molecular flexibility index (Phi) is 4.21. The normalized spacial score (nSPS) is 12.0. The van der Waals surface area contributed by atoms with E-state index in [-0.39, 0.29) is 17.3 Å². The van der Waals surface area contributed by atoms with Crippen LogP contribution in [-0.4, -0.2) is 5.91 Å². The lowest BCUT2D eigenvalue weighted by Crippen LogP contribution is -2.15. The van der Waals surface area contributed by atoms with Crippen molar-refractivity contribution in [1.29, 1.82) is 0 Å². The number of carbonyl (C=O) groups excluding carboxylic acids is 1. The average molecular weight is 290 g/mol. The molecule has 2 aromatic rings. The zero-order valence-corrected chi connectivity index (χ0v) is 11.8. The van der Waals surface area contributed by atoms with Gasteiger partial charge in [-0.3, -0.25) is 4.79 Å². The van der Waals surface area contributed by atoms with Crippen LogP contribution in [0, 0.1) is 18.6 Å². The Morgan fingerprint density at radius 2 is 1.76 bits per heavy atom. The first-order valence-electron chi connectivity index (χ1n) is 6.50. The van der Waals surface area contributed by atoms with E-state index in [1.807, 2.05) is 38.1 Å². The molecule has 110 valence electrons. The Bertz CT molecular complexity index is 669. The van der Waals surface area contributed by atoms with Crippen LogP contribution in [0.3, 0.4) is 0 Å². The van der Waals surface area contributed by atoms with Crippen molar-refractivity contribution in [3.05, 3.63) is 64.7 Å². The van der Waals surface area contributed by atoms with Crippen LogP contribution in [0.2, 0.25) is 0 Å². The number of hydrogen-bond donors (Lipinski definition) is 2. The average Bonchev–Trinajstić information content (AvgIpc) is 2.42. The van der Waals surface area contributed by atoms with E-state index in [0.717, 1.165) is 17.2 Å². The second-order valence-corrected chi connectivity index (χ2v) is 4.95. The predicted molar refractivity (Wildman–Crippen MR) is 78.1 cm³/mol. The molecule has 0 aliphatic rings. The molecule has 0 aromatic heterocycles. The summed E-state index contributed by atoms with van der Waals surface area (Å²) in [7, 11) is 0. The largest absolute Gasteiger partial charge is 0.376 e. The molecule has 0 saturated carbocycles. The number of amides is 1. The molecule has 3 N–H and O–H groups in total. The van der Waals surface area contributed by atoms with Gasteiger partial charge in [-0.15, -0.1) is 0 Å². The van der Waals surface area contributed by atoms with Crippen LogP contribution in [0.4, 0.5) is 14.5 Å². The van der Waals surface area contributed by atoms with Crippen molar-refractivity contribution in [2.45, 2.75) is 19.9 Å². The Labute approximate surface area is 121 Å². The van der Waals surface area contributed by atoms with Crippen LogP contribution >= 0.6 is 0 Å². The maximum Gasteiger partial charge on any atom is 0.251 e. The lowest BCUT2D eigenvalue weighted by Gasteiger charge is -2.17. The maximum atomic E-state index is 13.8. The molecular formula is C16H16F2N2O. The first-order chi connectivity index (χ1) is 9.88. The molecule has 1 unspecified atom stereocenters. The van der Waals surface area contributed by atoms with Crippen molar-refractivity contribution in [2.24, 2.45) is 5.73 Å². The zero-order valence-electron chi connectivity index (χ0n) is 11.8. The van der Waals surface area contributed by atoms with E-state index in [9.17, 15) is 13.6 Å². The minimum atomic E-state index is -0.964. The van der Waals surface area contributed by atoms with Crippen LogP contribution in [-0.2, 0) is 0 Å². The topological polar surface area (TPSA) is 55.1 Å². The standard InChI is InChI=1S/C16H16F2N2O/c1-9-3-5-11(6-4-9)10(2)20-15-7-12(16(19)21)13(17)8-14(15)18/h3-8,10,20H,1-2H3,(H2,19,21). The molecule has 0 bridgehead atoms. The van der Waals surface area contributed by atoms with Gasteiger partial charge in [0.05, 0.1) is 11.3 Å². The monoisotopic (exact) mass is 290 g/mol. The van der Waals surface area contributed by atoms with E-state index in [1.54, 1.807) is 0 Å². The molecule has 5 heteroatoms. The zero-order chi connectivity index (χ0) is 15.6. The van der Waals surface area contributed by atoms with Gasteiger partial charge in [-0.05, 0) is 25.5 Å². The number of rotatable bonds is 4. The molecule has 0 aliphatic heterocycles. The maximum absolute atomic E-state index is 13.8. The number of aryl methyl sites for hydroxylation is 1. The summed E-state index contributed by atoms with van der Waals surface area (Å²) in [6.07, 6.45) is 0. The highest BCUT2D eigenvalue weighted by atomic mass is 19.1. The van der Waals surface area contributed by atoms with Crippen LogP contribution in [0.15, 0.2) is 36.4 Å². The first-order valence-corrected chi connectivity index (χ1v) is 6.50. The molecule has 0 radical (unpaired) electrons. The fourth-order valence-electron chi connectivity index (χ4n) is 2.02.